The smallest absolute Gasteiger partial charge is 0.407 e. The highest BCUT2D eigenvalue weighted by Gasteiger charge is 2.23. The monoisotopic (exact) mass is 458 g/mol. The molecule has 0 unspecified atom stereocenters. The molecule has 1 heterocycles. The van der Waals surface area contributed by atoms with E-state index in [-0.39, 0.29) is 0 Å². The maximum Gasteiger partial charge on any atom is 0.407 e. The number of hydrogen-bond acceptors (Lipinski definition) is 4. The van der Waals surface area contributed by atoms with Gasteiger partial charge >= 0.3 is 12.1 Å². The molecule has 0 radical (unpaired) electrons. The fraction of sp³-hybridized carbons (Fsp3) is 0.474. The van der Waals surface area contributed by atoms with E-state index in [2.05, 4.69) is 21.2 Å². The molecule has 8 heteroatoms. The number of fused-ring (bicyclic) bond motifs is 1. The van der Waals surface area contributed by atoms with Crippen molar-refractivity contribution in [3.8, 4) is 0 Å². The number of aromatic nitrogens is 1. The number of nitrogens with one attached hydrogen (secondary N) is 1. The minimum Gasteiger partial charge on any atom is -0.464 e. The number of hydrogen-bond donors (Lipinski definition) is 1. The molecule has 2 aromatic rings. The first kappa shape index (κ1) is 21.6. The number of methoxy groups -OCH3 is 1. The third-order valence-electron chi connectivity index (χ3n) is 3.93. The van der Waals surface area contributed by atoms with E-state index in [1.54, 1.807) is 6.07 Å². The van der Waals surface area contributed by atoms with Crippen molar-refractivity contribution in [1.82, 2.24) is 9.88 Å². The average Bonchev–Trinajstić information content (AvgIpc) is 2.82. The Morgan fingerprint density at radius 2 is 1.96 bits per heavy atom. The van der Waals surface area contributed by atoms with Gasteiger partial charge in [-0.1, -0.05) is 11.6 Å². The van der Waals surface area contributed by atoms with Gasteiger partial charge < -0.3 is 19.4 Å². The van der Waals surface area contributed by atoms with Crippen molar-refractivity contribution in [2.75, 3.05) is 13.7 Å². The van der Waals surface area contributed by atoms with Crippen molar-refractivity contribution in [2.45, 2.75) is 46.3 Å². The molecule has 0 fully saturated rings. The normalized spacial score (nSPS) is 11.5. The Balaban J connectivity index is 2.24. The summed E-state index contributed by atoms with van der Waals surface area (Å²) in [6, 6.07) is 3.62. The lowest BCUT2D eigenvalue weighted by atomic mass is 10.1. The van der Waals surface area contributed by atoms with Crippen LogP contribution < -0.4 is 5.32 Å². The number of alkyl carbamates (subject to hydrolysis) is 1. The van der Waals surface area contributed by atoms with Gasteiger partial charge in [0.2, 0.25) is 0 Å². The highest BCUT2D eigenvalue weighted by atomic mass is 79.9. The van der Waals surface area contributed by atoms with E-state index < -0.39 is 17.7 Å². The van der Waals surface area contributed by atoms with Crippen molar-refractivity contribution in [3.63, 3.8) is 0 Å². The second-order valence-corrected chi connectivity index (χ2v) is 8.47. The van der Waals surface area contributed by atoms with Crippen LogP contribution in [0.1, 0.15) is 43.2 Å². The lowest BCUT2D eigenvalue weighted by molar-refractivity contribution is 0.0523. The number of halogens is 2. The van der Waals surface area contributed by atoms with Gasteiger partial charge in [0.05, 0.1) is 12.6 Å². The molecule has 0 atom stereocenters. The second-order valence-electron chi connectivity index (χ2n) is 7.18. The zero-order valence-corrected chi connectivity index (χ0v) is 18.5. The molecule has 27 heavy (non-hydrogen) atoms. The molecule has 1 amide bonds. The summed E-state index contributed by atoms with van der Waals surface area (Å²) in [4.78, 5) is 24.1. The van der Waals surface area contributed by atoms with Crippen LogP contribution in [0.5, 0.6) is 0 Å². The van der Waals surface area contributed by atoms with Crippen molar-refractivity contribution in [3.05, 3.63) is 32.9 Å². The molecular formula is C19H24BrClN2O4. The number of benzene rings is 1. The van der Waals surface area contributed by atoms with E-state index in [0.717, 1.165) is 20.9 Å². The van der Waals surface area contributed by atoms with Crippen molar-refractivity contribution in [1.29, 1.82) is 0 Å². The molecule has 0 saturated heterocycles. The van der Waals surface area contributed by atoms with Gasteiger partial charge in [0.25, 0.3) is 0 Å². The van der Waals surface area contributed by atoms with Crippen molar-refractivity contribution < 1.29 is 19.1 Å². The van der Waals surface area contributed by atoms with Gasteiger partial charge in [-0.05, 0) is 67.7 Å². The Morgan fingerprint density at radius 1 is 1.30 bits per heavy atom. The van der Waals surface area contributed by atoms with Gasteiger partial charge in [-0.15, -0.1) is 0 Å². The summed E-state index contributed by atoms with van der Waals surface area (Å²) in [7, 11) is 1.36. The molecule has 6 nitrogen and oxygen atoms in total. The molecule has 0 bridgehead atoms. The Labute approximate surface area is 172 Å². The van der Waals surface area contributed by atoms with Crippen molar-refractivity contribution >= 4 is 50.5 Å². The number of ether oxygens (including phenoxy) is 2. The van der Waals surface area contributed by atoms with Crippen LogP contribution in [0.15, 0.2) is 16.6 Å². The molecule has 0 spiro atoms. The number of aryl methyl sites for hydroxylation is 2. The van der Waals surface area contributed by atoms with Crippen LogP contribution in [0.2, 0.25) is 5.02 Å². The van der Waals surface area contributed by atoms with Crippen LogP contribution in [-0.4, -0.2) is 35.9 Å². The Bertz CT molecular complexity index is 871. The summed E-state index contributed by atoms with van der Waals surface area (Å²) in [5, 5.41) is 4.19. The van der Waals surface area contributed by atoms with Gasteiger partial charge in [0, 0.05) is 28.0 Å². The van der Waals surface area contributed by atoms with Gasteiger partial charge in [-0.25, -0.2) is 9.59 Å². The zero-order valence-electron chi connectivity index (χ0n) is 16.1. The van der Waals surface area contributed by atoms with E-state index in [4.69, 9.17) is 21.1 Å². The van der Waals surface area contributed by atoms with Gasteiger partial charge in [-0.3, -0.25) is 0 Å². The summed E-state index contributed by atoms with van der Waals surface area (Å²) >= 11 is 9.70. The van der Waals surface area contributed by atoms with Crippen LogP contribution in [0.3, 0.4) is 0 Å². The summed E-state index contributed by atoms with van der Waals surface area (Å²) in [5.74, 6) is -0.410. The summed E-state index contributed by atoms with van der Waals surface area (Å²) in [5.41, 5.74) is 1.61. The third kappa shape index (κ3) is 5.17. The molecule has 2 rings (SSSR count). The number of esters is 1. The van der Waals surface area contributed by atoms with Crippen LogP contribution in [0.25, 0.3) is 10.9 Å². The highest BCUT2D eigenvalue weighted by molar-refractivity contribution is 9.10. The molecule has 0 aliphatic heterocycles. The zero-order chi connectivity index (χ0) is 20.4. The topological polar surface area (TPSA) is 69.6 Å². The Kier molecular flexibility index (Phi) is 6.81. The van der Waals surface area contributed by atoms with Gasteiger partial charge in [0.15, 0.2) is 0 Å². The first-order valence-electron chi connectivity index (χ1n) is 8.58. The van der Waals surface area contributed by atoms with Crippen LogP contribution in [-0.2, 0) is 16.0 Å². The van der Waals surface area contributed by atoms with Crippen LogP contribution in [0, 0.1) is 6.92 Å². The van der Waals surface area contributed by atoms with Crippen LogP contribution in [0.4, 0.5) is 4.79 Å². The number of carbonyl (C=O) groups is 2. The molecule has 148 valence electrons. The lowest BCUT2D eigenvalue weighted by Crippen LogP contribution is -2.33. The van der Waals surface area contributed by atoms with Gasteiger partial charge in [0.1, 0.15) is 11.3 Å². The molecule has 1 N–H and O–H groups in total. The molecule has 0 aliphatic rings. The first-order valence-corrected chi connectivity index (χ1v) is 9.75. The molecule has 0 aliphatic carbocycles. The second kappa shape index (κ2) is 8.52. The number of nitrogens with zero attached hydrogens (tertiary/aromatic N) is 1. The summed E-state index contributed by atoms with van der Waals surface area (Å²) < 4.78 is 12.9. The molecular weight excluding hydrogens is 436 g/mol. The quantitative estimate of drug-likeness (QED) is 0.501. The fourth-order valence-corrected chi connectivity index (χ4v) is 3.92. The van der Waals surface area contributed by atoms with E-state index in [1.807, 2.05) is 38.3 Å². The third-order valence-corrected chi connectivity index (χ3v) is 4.76. The minimum absolute atomic E-state index is 0.410. The standard InChI is InChI=1S/C19H24BrClN2O4/c1-11-13-9-12(21)10-14(20)16(13)23(15(11)17(24)26-5)8-6-7-22-18(25)27-19(2,3)4/h9-10H,6-8H2,1-5H3,(H,22,25). The van der Waals surface area contributed by atoms with Crippen molar-refractivity contribution in [2.24, 2.45) is 0 Å². The molecule has 1 aromatic carbocycles. The maximum absolute atomic E-state index is 12.3. The Morgan fingerprint density at radius 3 is 2.56 bits per heavy atom. The van der Waals surface area contributed by atoms with Crippen LogP contribution >= 0.6 is 27.5 Å². The Hall–Kier alpha value is -1.73. The minimum atomic E-state index is -0.542. The predicted molar refractivity (Wildman–Crippen MR) is 110 cm³/mol. The first-order chi connectivity index (χ1) is 12.5. The predicted octanol–water partition coefficient (Wildman–Crippen LogP) is 5.07. The maximum atomic E-state index is 12.3. The van der Waals surface area contributed by atoms with E-state index >= 15 is 0 Å². The number of amides is 1. The SMILES string of the molecule is COC(=O)c1c(C)c2cc(Cl)cc(Br)c2n1CCCNC(=O)OC(C)(C)C. The highest BCUT2D eigenvalue weighted by Crippen LogP contribution is 2.34. The summed E-state index contributed by atoms with van der Waals surface area (Å²) in [6.45, 7) is 8.24. The van der Waals surface area contributed by atoms with E-state index in [0.29, 0.717) is 30.2 Å². The largest absolute Gasteiger partial charge is 0.464 e. The number of rotatable bonds is 5. The number of carbonyl (C=O) groups excluding carboxylic acids is 2. The van der Waals surface area contributed by atoms with E-state index in [9.17, 15) is 9.59 Å². The lowest BCUT2D eigenvalue weighted by Gasteiger charge is -2.19. The van der Waals surface area contributed by atoms with Gasteiger partial charge in [-0.2, -0.15) is 0 Å². The summed E-state index contributed by atoms with van der Waals surface area (Å²) in [6.07, 6.45) is 0.152. The fourth-order valence-electron chi connectivity index (χ4n) is 2.89. The van der Waals surface area contributed by atoms with E-state index in [1.165, 1.54) is 7.11 Å². The average molecular weight is 460 g/mol. The molecule has 0 saturated carbocycles. The molecule has 1 aromatic heterocycles.